The van der Waals surface area contributed by atoms with Gasteiger partial charge in [-0.05, 0) is 0 Å². The predicted molar refractivity (Wildman–Crippen MR) is 33.2 cm³/mol. The molecule has 0 atom stereocenters. The van der Waals surface area contributed by atoms with Gasteiger partial charge in [-0.25, -0.2) is 4.68 Å². The number of halogens is 3. The van der Waals surface area contributed by atoms with Gasteiger partial charge >= 0.3 is 6.55 Å². The van der Waals surface area contributed by atoms with E-state index in [1.165, 1.54) is 0 Å². The lowest BCUT2D eigenvalue weighted by atomic mass is 10.5. The van der Waals surface area contributed by atoms with Crippen molar-refractivity contribution < 1.29 is 8.78 Å². The van der Waals surface area contributed by atoms with Crippen molar-refractivity contribution >= 4 is 11.6 Å². The molecule has 11 heavy (non-hydrogen) atoms. The van der Waals surface area contributed by atoms with E-state index in [1.807, 2.05) is 0 Å². The molecule has 0 radical (unpaired) electrons. The van der Waals surface area contributed by atoms with E-state index >= 15 is 0 Å². The first-order valence-corrected chi connectivity index (χ1v) is 2.96. The van der Waals surface area contributed by atoms with Crippen LogP contribution in [0.2, 0.25) is 5.02 Å². The molecule has 0 aliphatic heterocycles. The van der Waals surface area contributed by atoms with Crippen LogP contribution in [0.3, 0.4) is 0 Å². The molecule has 0 fully saturated rings. The number of nitrogens with zero attached hydrogens (tertiary/aromatic N) is 3. The maximum absolute atomic E-state index is 11.8. The van der Waals surface area contributed by atoms with E-state index in [4.69, 9.17) is 16.9 Å². The number of alkyl halides is 2. The van der Waals surface area contributed by atoms with Crippen LogP contribution in [0.1, 0.15) is 12.2 Å². The zero-order valence-corrected chi connectivity index (χ0v) is 5.89. The summed E-state index contributed by atoms with van der Waals surface area (Å²) in [6, 6.07) is 1.57. The van der Waals surface area contributed by atoms with Crippen LogP contribution in [0.4, 0.5) is 8.78 Å². The third-order valence-electron chi connectivity index (χ3n) is 0.993. The zero-order valence-electron chi connectivity index (χ0n) is 5.13. The van der Waals surface area contributed by atoms with Crippen LogP contribution in [-0.2, 0) is 0 Å². The van der Waals surface area contributed by atoms with Gasteiger partial charge in [-0.15, -0.1) is 0 Å². The van der Waals surface area contributed by atoms with E-state index < -0.39 is 6.55 Å². The number of nitriles is 1. The van der Waals surface area contributed by atoms with E-state index in [0.29, 0.717) is 4.68 Å². The predicted octanol–water partition coefficient (Wildman–Crippen LogP) is 1.80. The molecule has 0 N–H and O–H groups in total. The van der Waals surface area contributed by atoms with E-state index in [9.17, 15) is 8.78 Å². The monoisotopic (exact) mass is 177 g/mol. The Balaban J connectivity index is 3.07. The molecule has 58 valence electrons. The summed E-state index contributed by atoms with van der Waals surface area (Å²) in [6.45, 7) is -2.76. The number of rotatable bonds is 1. The molecule has 0 bridgehead atoms. The Labute approximate surface area is 65.8 Å². The summed E-state index contributed by atoms with van der Waals surface area (Å²) >= 11 is 5.35. The lowest BCUT2D eigenvalue weighted by Crippen LogP contribution is -1.97. The molecule has 3 nitrogen and oxygen atoms in total. The second-order valence-corrected chi connectivity index (χ2v) is 2.10. The van der Waals surface area contributed by atoms with E-state index in [-0.39, 0.29) is 10.7 Å². The Morgan fingerprint density at radius 3 is 2.64 bits per heavy atom. The molecule has 1 rings (SSSR count). The topological polar surface area (TPSA) is 41.6 Å². The van der Waals surface area contributed by atoms with Gasteiger partial charge in [0.2, 0.25) is 0 Å². The number of hydrogen-bond donors (Lipinski definition) is 0. The average molecular weight is 178 g/mol. The smallest absolute Gasteiger partial charge is 0.209 e. The van der Waals surface area contributed by atoms with E-state index in [1.54, 1.807) is 6.07 Å². The van der Waals surface area contributed by atoms with Crippen LogP contribution >= 0.6 is 11.6 Å². The fourth-order valence-corrected chi connectivity index (χ4v) is 0.725. The highest BCUT2D eigenvalue weighted by Gasteiger charge is 2.11. The normalized spacial score (nSPS) is 10.1. The Morgan fingerprint density at radius 2 is 2.36 bits per heavy atom. The first-order chi connectivity index (χ1) is 5.15. The number of hydrogen-bond acceptors (Lipinski definition) is 2. The molecule has 6 heteroatoms. The van der Waals surface area contributed by atoms with Gasteiger partial charge in [0, 0.05) is 0 Å². The van der Waals surface area contributed by atoms with Gasteiger partial charge in [0.1, 0.15) is 6.07 Å². The average Bonchev–Trinajstić information content (AvgIpc) is 2.31. The van der Waals surface area contributed by atoms with Crippen molar-refractivity contribution in [2.24, 2.45) is 0 Å². The molecule has 0 spiro atoms. The molecular weight excluding hydrogens is 176 g/mol. The first-order valence-electron chi connectivity index (χ1n) is 2.58. The molecule has 0 amide bonds. The Kier molecular flexibility index (Phi) is 2.06. The molecule has 1 aromatic rings. The summed E-state index contributed by atoms with van der Waals surface area (Å²) in [4.78, 5) is 0. The minimum Gasteiger partial charge on any atom is -0.209 e. The highest BCUT2D eigenvalue weighted by molar-refractivity contribution is 6.31. The van der Waals surface area contributed by atoms with Gasteiger partial charge in [-0.3, -0.25) is 0 Å². The van der Waals surface area contributed by atoms with Crippen molar-refractivity contribution in [1.29, 1.82) is 5.26 Å². The van der Waals surface area contributed by atoms with Gasteiger partial charge in [0.05, 0.1) is 11.2 Å². The minimum atomic E-state index is -2.76. The molecular formula is C5H2ClF2N3. The second-order valence-electron chi connectivity index (χ2n) is 1.70. The highest BCUT2D eigenvalue weighted by atomic mass is 35.5. The summed E-state index contributed by atoms with van der Waals surface area (Å²) in [5.74, 6) is 0. The lowest BCUT2D eigenvalue weighted by Gasteiger charge is -1.93. The summed E-state index contributed by atoms with van der Waals surface area (Å²) in [6.07, 6.45) is 0.908. The molecule has 0 saturated heterocycles. The molecule has 0 aliphatic carbocycles. The fraction of sp³-hybridized carbons (Fsp3) is 0.200. The summed E-state index contributed by atoms with van der Waals surface area (Å²) in [5.41, 5.74) is -0.188. The fourth-order valence-electron chi connectivity index (χ4n) is 0.545. The largest absolute Gasteiger partial charge is 0.333 e. The van der Waals surface area contributed by atoms with Crippen molar-refractivity contribution in [3.8, 4) is 6.07 Å². The Morgan fingerprint density at radius 1 is 1.73 bits per heavy atom. The van der Waals surface area contributed by atoms with Gasteiger partial charge in [0.15, 0.2) is 5.69 Å². The molecule has 0 saturated carbocycles. The van der Waals surface area contributed by atoms with Crippen molar-refractivity contribution in [3.05, 3.63) is 16.9 Å². The summed E-state index contributed by atoms with van der Waals surface area (Å²) in [7, 11) is 0. The molecule has 0 aromatic carbocycles. The minimum absolute atomic E-state index is 0.0622. The zero-order chi connectivity index (χ0) is 8.43. The maximum Gasteiger partial charge on any atom is 0.333 e. The molecule has 1 aromatic heterocycles. The van der Waals surface area contributed by atoms with Crippen LogP contribution in [0.5, 0.6) is 0 Å². The van der Waals surface area contributed by atoms with Crippen molar-refractivity contribution in [2.45, 2.75) is 6.55 Å². The highest BCUT2D eigenvalue weighted by Crippen LogP contribution is 2.17. The van der Waals surface area contributed by atoms with Crippen LogP contribution < -0.4 is 0 Å². The van der Waals surface area contributed by atoms with Crippen molar-refractivity contribution in [2.75, 3.05) is 0 Å². The van der Waals surface area contributed by atoms with E-state index in [0.717, 1.165) is 6.20 Å². The third-order valence-corrected chi connectivity index (χ3v) is 1.27. The number of aromatic nitrogens is 2. The molecule has 0 aliphatic rings. The van der Waals surface area contributed by atoms with E-state index in [2.05, 4.69) is 5.10 Å². The second kappa shape index (κ2) is 2.84. The van der Waals surface area contributed by atoms with Crippen LogP contribution in [0, 0.1) is 11.3 Å². The van der Waals surface area contributed by atoms with Gasteiger partial charge in [-0.1, -0.05) is 11.6 Å². The summed E-state index contributed by atoms with van der Waals surface area (Å²) in [5, 5.41) is 11.4. The SMILES string of the molecule is N#Cc1nn(C(F)F)cc1Cl. The Hall–Kier alpha value is -1.15. The van der Waals surface area contributed by atoms with Crippen LogP contribution in [-0.4, -0.2) is 9.78 Å². The first kappa shape index (κ1) is 7.95. The van der Waals surface area contributed by atoms with Crippen LogP contribution in [0.25, 0.3) is 0 Å². The van der Waals surface area contributed by atoms with Gasteiger partial charge < -0.3 is 0 Å². The summed E-state index contributed by atoms with van der Waals surface area (Å²) < 4.78 is 24.0. The molecule has 0 unspecified atom stereocenters. The quantitative estimate of drug-likeness (QED) is 0.657. The molecule has 1 heterocycles. The van der Waals surface area contributed by atoms with Crippen molar-refractivity contribution in [1.82, 2.24) is 9.78 Å². The Bertz CT molecular complexity index is 301. The van der Waals surface area contributed by atoms with Crippen molar-refractivity contribution in [3.63, 3.8) is 0 Å². The van der Waals surface area contributed by atoms with Gasteiger partial charge in [0.25, 0.3) is 0 Å². The van der Waals surface area contributed by atoms with Gasteiger partial charge in [-0.2, -0.15) is 19.1 Å². The standard InChI is InChI=1S/C5H2ClF2N3/c6-3-2-11(5(7)8)10-4(3)1-9/h2,5H. The lowest BCUT2D eigenvalue weighted by molar-refractivity contribution is 0.0565. The maximum atomic E-state index is 11.8. The van der Waals surface area contributed by atoms with Crippen LogP contribution in [0.15, 0.2) is 6.20 Å². The third kappa shape index (κ3) is 1.46.